The third kappa shape index (κ3) is 5.29. The number of rotatable bonds is 7. The van der Waals surface area contributed by atoms with Gasteiger partial charge in [-0.1, -0.05) is 30.3 Å². The van der Waals surface area contributed by atoms with Crippen molar-refractivity contribution in [3.05, 3.63) is 35.9 Å². The van der Waals surface area contributed by atoms with E-state index in [0.717, 1.165) is 51.9 Å². The highest BCUT2D eigenvalue weighted by atomic mass is 16.5. The summed E-state index contributed by atoms with van der Waals surface area (Å²) >= 11 is 0. The van der Waals surface area contributed by atoms with E-state index in [-0.39, 0.29) is 12.0 Å². The maximum absolute atomic E-state index is 12.5. The summed E-state index contributed by atoms with van der Waals surface area (Å²) in [4.78, 5) is 17.0. The van der Waals surface area contributed by atoms with E-state index in [1.54, 1.807) is 0 Å². The van der Waals surface area contributed by atoms with Crippen molar-refractivity contribution in [2.75, 3.05) is 33.3 Å². The minimum absolute atomic E-state index is 0.191. The number of likely N-dealkylation sites (tertiary alicyclic amines) is 1. The minimum atomic E-state index is 0.191. The summed E-state index contributed by atoms with van der Waals surface area (Å²) in [5, 5.41) is 3.27. The summed E-state index contributed by atoms with van der Waals surface area (Å²) in [5.74, 6) is 0.191. The van der Waals surface area contributed by atoms with Crippen molar-refractivity contribution < 1.29 is 9.53 Å². The lowest BCUT2D eigenvalue weighted by atomic mass is 9.96. The topological polar surface area (TPSA) is 44.8 Å². The predicted molar refractivity (Wildman–Crippen MR) is 104 cm³/mol. The molecule has 2 fully saturated rings. The van der Waals surface area contributed by atoms with Gasteiger partial charge < -0.3 is 15.0 Å². The first kappa shape index (κ1) is 19.3. The Bertz CT molecular complexity index is 560. The number of likely N-dealkylation sites (N-methyl/N-ethyl adjacent to an activating group) is 1. The fourth-order valence-electron chi connectivity index (χ4n) is 4.07. The van der Waals surface area contributed by atoms with Crippen LogP contribution in [0.1, 0.15) is 38.2 Å². The lowest BCUT2D eigenvalue weighted by Crippen LogP contribution is -2.50. The van der Waals surface area contributed by atoms with E-state index < -0.39 is 0 Å². The van der Waals surface area contributed by atoms with Crippen molar-refractivity contribution in [3.63, 3.8) is 0 Å². The molecule has 2 heterocycles. The van der Waals surface area contributed by atoms with E-state index in [2.05, 4.69) is 47.5 Å². The molecule has 144 valence electrons. The molecule has 2 aliphatic heterocycles. The molecule has 26 heavy (non-hydrogen) atoms. The van der Waals surface area contributed by atoms with Gasteiger partial charge in [-0.3, -0.25) is 9.69 Å². The largest absolute Gasteiger partial charge is 0.377 e. The SMILES string of the molecule is C[C@@H]1C[C@H](N(C)C(=O)CNC[C@@H]2CCCO2)CCN1Cc1ccccc1. The first-order valence-electron chi connectivity index (χ1n) is 9.99. The van der Waals surface area contributed by atoms with Crippen LogP contribution >= 0.6 is 0 Å². The smallest absolute Gasteiger partial charge is 0.236 e. The van der Waals surface area contributed by atoms with Gasteiger partial charge in [0.1, 0.15) is 0 Å². The quantitative estimate of drug-likeness (QED) is 0.811. The van der Waals surface area contributed by atoms with Gasteiger partial charge in [-0.2, -0.15) is 0 Å². The molecule has 1 aromatic rings. The molecule has 3 rings (SSSR count). The molecule has 3 atom stereocenters. The van der Waals surface area contributed by atoms with Crippen molar-refractivity contribution >= 4 is 5.91 Å². The number of amides is 1. The summed E-state index contributed by atoms with van der Waals surface area (Å²) < 4.78 is 5.59. The van der Waals surface area contributed by atoms with E-state index in [1.165, 1.54) is 5.56 Å². The zero-order valence-electron chi connectivity index (χ0n) is 16.2. The lowest BCUT2D eigenvalue weighted by molar-refractivity contribution is -0.132. The molecule has 1 aromatic carbocycles. The van der Waals surface area contributed by atoms with E-state index in [9.17, 15) is 4.79 Å². The molecule has 5 nitrogen and oxygen atoms in total. The fraction of sp³-hybridized carbons (Fsp3) is 0.667. The highest BCUT2D eigenvalue weighted by molar-refractivity contribution is 5.78. The molecular formula is C21H33N3O2. The number of nitrogens with one attached hydrogen (secondary N) is 1. The van der Waals surface area contributed by atoms with Crippen molar-refractivity contribution in [1.29, 1.82) is 0 Å². The van der Waals surface area contributed by atoms with Gasteiger partial charge in [-0.25, -0.2) is 0 Å². The summed E-state index contributed by atoms with van der Waals surface area (Å²) in [5.41, 5.74) is 1.36. The average molecular weight is 360 g/mol. The van der Waals surface area contributed by atoms with Gasteiger partial charge in [0.15, 0.2) is 0 Å². The summed E-state index contributed by atoms with van der Waals surface area (Å²) in [7, 11) is 1.96. The highest BCUT2D eigenvalue weighted by Gasteiger charge is 2.29. The predicted octanol–water partition coefficient (Wildman–Crippen LogP) is 2.27. The Morgan fingerprint density at radius 1 is 1.31 bits per heavy atom. The molecule has 2 saturated heterocycles. The van der Waals surface area contributed by atoms with Crippen LogP contribution in [0, 0.1) is 0 Å². The fourth-order valence-corrected chi connectivity index (χ4v) is 4.07. The van der Waals surface area contributed by atoms with Gasteiger partial charge in [-0.15, -0.1) is 0 Å². The van der Waals surface area contributed by atoms with Crippen LogP contribution < -0.4 is 5.32 Å². The van der Waals surface area contributed by atoms with Gasteiger partial charge in [-0.05, 0) is 38.2 Å². The van der Waals surface area contributed by atoms with Crippen molar-refractivity contribution in [3.8, 4) is 0 Å². The van der Waals surface area contributed by atoms with Gasteiger partial charge in [0, 0.05) is 45.4 Å². The Morgan fingerprint density at radius 2 is 2.12 bits per heavy atom. The van der Waals surface area contributed by atoms with Crippen LogP contribution in [-0.2, 0) is 16.1 Å². The number of nitrogens with zero attached hydrogens (tertiary/aromatic N) is 2. The van der Waals surface area contributed by atoms with E-state index in [1.807, 2.05) is 11.9 Å². The van der Waals surface area contributed by atoms with Crippen LogP contribution in [0.25, 0.3) is 0 Å². The van der Waals surface area contributed by atoms with Crippen LogP contribution in [0.15, 0.2) is 30.3 Å². The van der Waals surface area contributed by atoms with Gasteiger partial charge in [0.25, 0.3) is 0 Å². The Kier molecular flexibility index (Phi) is 7.06. The number of carbonyl (C=O) groups is 1. The lowest BCUT2D eigenvalue weighted by Gasteiger charge is -2.41. The summed E-state index contributed by atoms with van der Waals surface area (Å²) in [6.07, 6.45) is 4.62. The maximum Gasteiger partial charge on any atom is 0.236 e. The molecule has 5 heteroatoms. The number of piperidine rings is 1. The summed E-state index contributed by atoms with van der Waals surface area (Å²) in [6, 6.07) is 11.5. The zero-order chi connectivity index (χ0) is 18.4. The molecule has 1 N–H and O–H groups in total. The third-order valence-corrected chi connectivity index (χ3v) is 5.83. The number of benzene rings is 1. The summed E-state index contributed by atoms with van der Waals surface area (Å²) in [6.45, 7) is 6.38. The second-order valence-corrected chi connectivity index (χ2v) is 7.75. The number of carbonyl (C=O) groups excluding carboxylic acids is 1. The van der Waals surface area contributed by atoms with E-state index in [4.69, 9.17) is 4.74 Å². The number of hydrogen-bond donors (Lipinski definition) is 1. The average Bonchev–Trinajstić information content (AvgIpc) is 3.17. The molecule has 0 spiro atoms. The maximum atomic E-state index is 12.5. The van der Waals surface area contributed by atoms with E-state index in [0.29, 0.717) is 18.6 Å². The molecule has 0 unspecified atom stereocenters. The molecule has 2 aliphatic rings. The van der Waals surface area contributed by atoms with Crippen molar-refractivity contribution in [2.45, 2.75) is 57.3 Å². The normalized spacial score (nSPS) is 26.8. The van der Waals surface area contributed by atoms with Crippen LogP contribution in [0.3, 0.4) is 0 Å². The highest BCUT2D eigenvalue weighted by Crippen LogP contribution is 2.23. The van der Waals surface area contributed by atoms with E-state index >= 15 is 0 Å². The van der Waals surface area contributed by atoms with Gasteiger partial charge >= 0.3 is 0 Å². The Balaban J connectivity index is 1.41. The van der Waals surface area contributed by atoms with Crippen molar-refractivity contribution in [1.82, 2.24) is 15.1 Å². The minimum Gasteiger partial charge on any atom is -0.377 e. The molecule has 0 aromatic heterocycles. The second kappa shape index (κ2) is 9.49. The molecule has 0 saturated carbocycles. The molecule has 0 bridgehead atoms. The van der Waals surface area contributed by atoms with Crippen LogP contribution in [-0.4, -0.2) is 67.2 Å². The van der Waals surface area contributed by atoms with Gasteiger partial charge in [0.2, 0.25) is 5.91 Å². The third-order valence-electron chi connectivity index (χ3n) is 5.83. The standard InChI is InChI=1S/C21H33N3O2/c1-17-13-19(10-11-24(17)16-18-7-4-3-5-8-18)23(2)21(25)15-22-14-20-9-6-12-26-20/h3-5,7-8,17,19-20,22H,6,9-16H2,1-2H3/t17-,19-,20+/m1/s1. The molecule has 0 aliphatic carbocycles. The second-order valence-electron chi connectivity index (χ2n) is 7.75. The number of hydrogen-bond acceptors (Lipinski definition) is 4. The monoisotopic (exact) mass is 359 g/mol. The van der Waals surface area contributed by atoms with Gasteiger partial charge in [0.05, 0.1) is 12.6 Å². The van der Waals surface area contributed by atoms with Crippen molar-refractivity contribution in [2.24, 2.45) is 0 Å². The van der Waals surface area contributed by atoms with Crippen LogP contribution in [0.2, 0.25) is 0 Å². The molecule has 0 radical (unpaired) electrons. The first-order chi connectivity index (χ1) is 12.6. The Labute approximate surface area is 157 Å². The van der Waals surface area contributed by atoms with Crippen LogP contribution in [0.4, 0.5) is 0 Å². The molecular weight excluding hydrogens is 326 g/mol. The Morgan fingerprint density at radius 3 is 2.81 bits per heavy atom. The molecule has 1 amide bonds. The zero-order valence-corrected chi connectivity index (χ0v) is 16.2. The van der Waals surface area contributed by atoms with Crippen LogP contribution in [0.5, 0.6) is 0 Å². The first-order valence-corrected chi connectivity index (χ1v) is 9.99. The number of ether oxygens (including phenoxy) is 1. The Hall–Kier alpha value is -1.43.